The molecule has 0 saturated carbocycles. The summed E-state index contributed by atoms with van der Waals surface area (Å²) >= 11 is 5.97. The van der Waals surface area contributed by atoms with Crippen LogP contribution in [-0.2, 0) is 0 Å². The predicted molar refractivity (Wildman–Crippen MR) is 95.9 cm³/mol. The van der Waals surface area contributed by atoms with Crippen LogP contribution in [0.5, 0.6) is 0 Å². The van der Waals surface area contributed by atoms with Crippen LogP contribution in [0, 0.1) is 18.3 Å². The van der Waals surface area contributed by atoms with Gasteiger partial charge in [-0.15, -0.1) is 0 Å². The van der Waals surface area contributed by atoms with Crippen molar-refractivity contribution in [1.82, 2.24) is 9.97 Å². The van der Waals surface area contributed by atoms with Crippen molar-refractivity contribution >= 4 is 34.6 Å². The summed E-state index contributed by atoms with van der Waals surface area (Å²) in [7, 11) is 0. The van der Waals surface area contributed by atoms with Crippen molar-refractivity contribution in [3.63, 3.8) is 0 Å². The summed E-state index contributed by atoms with van der Waals surface area (Å²) in [5, 5.41) is 16.2. The zero-order chi connectivity index (χ0) is 16.9. The van der Waals surface area contributed by atoms with Gasteiger partial charge in [-0.05, 0) is 42.8 Å². The zero-order valence-electron chi connectivity index (χ0n) is 12.9. The van der Waals surface area contributed by atoms with Gasteiger partial charge in [0.1, 0.15) is 24.0 Å². The molecule has 0 spiro atoms. The molecule has 0 amide bonds. The van der Waals surface area contributed by atoms with Crippen LogP contribution in [-0.4, -0.2) is 9.97 Å². The first-order valence-corrected chi connectivity index (χ1v) is 7.65. The van der Waals surface area contributed by atoms with Crippen LogP contribution in [0.25, 0.3) is 0 Å². The predicted octanol–water partition coefficient (Wildman–Crippen LogP) is 4.80. The van der Waals surface area contributed by atoms with E-state index in [1.807, 2.05) is 43.3 Å². The first-order valence-electron chi connectivity index (χ1n) is 7.27. The van der Waals surface area contributed by atoms with Crippen molar-refractivity contribution in [3.8, 4) is 6.07 Å². The van der Waals surface area contributed by atoms with Crippen molar-refractivity contribution in [2.75, 3.05) is 10.6 Å². The highest BCUT2D eigenvalue weighted by atomic mass is 35.5. The van der Waals surface area contributed by atoms with Gasteiger partial charge < -0.3 is 10.6 Å². The lowest BCUT2D eigenvalue weighted by Gasteiger charge is -2.11. The number of hydrogen-bond acceptors (Lipinski definition) is 5. The van der Waals surface area contributed by atoms with E-state index < -0.39 is 0 Å². The third-order valence-corrected chi connectivity index (χ3v) is 3.66. The maximum Gasteiger partial charge on any atom is 0.135 e. The second kappa shape index (κ2) is 6.99. The average molecular weight is 336 g/mol. The molecular weight excluding hydrogens is 322 g/mol. The van der Waals surface area contributed by atoms with Gasteiger partial charge in [-0.25, -0.2) is 9.97 Å². The minimum Gasteiger partial charge on any atom is -0.340 e. The molecule has 1 aromatic heterocycles. The number of para-hydroxylation sites is 1. The summed E-state index contributed by atoms with van der Waals surface area (Å²) < 4.78 is 0. The van der Waals surface area contributed by atoms with E-state index in [4.69, 9.17) is 16.9 Å². The Balaban J connectivity index is 1.83. The molecule has 2 aromatic carbocycles. The fraction of sp³-hybridized carbons (Fsp3) is 0.0556. The number of hydrogen-bond donors (Lipinski definition) is 2. The highest BCUT2D eigenvalue weighted by Crippen LogP contribution is 2.24. The van der Waals surface area contributed by atoms with Gasteiger partial charge in [0.2, 0.25) is 0 Å². The SMILES string of the molecule is Cc1cc(Cl)ccc1Nc1cc(Nc2ccccc2C#N)ncn1. The van der Waals surface area contributed by atoms with Gasteiger partial charge >= 0.3 is 0 Å². The summed E-state index contributed by atoms with van der Waals surface area (Å²) in [6.45, 7) is 1.97. The Bertz CT molecular complexity index is 917. The van der Waals surface area contributed by atoms with Crippen LogP contribution < -0.4 is 10.6 Å². The molecule has 0 unspecified atom stereocenters. The van der Waals surface area contributed by atoms with Crippen LogP contribution >= 0.6 is 11.6 Å². The Morgan fingerprint density at radius 3 is 2.38 bits per heavy atom. The molecular formula is C18H14ClN5. The van der Waals surface area contributed by atoms with Crippen LogP contribution in [0.15, 0.2) is 54.9 Å². The van der Waals surface area contributed by atoms with Gasteiger partial charge in [-0.3, -0.25) is 0 Å². The van der Waals surface area contributed by atoms with Crippen LogP contribution in [0.3, 0.4) is 0 Å². The van der Waals surface area contributed by atoms with Gasteiger partial charge in [0.15, 0.2) is 0 Å². The molecule has 0 fully saturated rings. The van der Waals surface area contributed by atoms with Gasteiger partial charge in [0.05, 0.1) is 11.3 Å². The molecule has 3 rings (SSSR count). The molecule has 118 valence electrons. The summed E-state index contributed by atoms with van der Waals surface area (Å²) in [5.74, 6) is 1.24. The standard InChI is InChI=1S/C18H14ClN5/c1-12-8-14(19)6-7-15(12)23-17-9-18(22-11-21-17)24-16-5-3-2-4-13(16)10-20/h2-9,11H,1H3,(H2,21,22,23,24). The number of nitrogens with zero attached hydrogens (tertiary/aromatic N) is 3. The molecule has 2 N–H and O–H groups in total. The molecule has 5 nitrogen and oxygen atoms in total. The van der Waals surface area contributed by atoms with Gasteiger partial charge in [0, 0.05) is 16.8 Å². The maximum absolute atomic E-state index is 9.15. The van der Waals surface area contributed by atoms with Crippen LogP contribution in [0.1, 0.15) is 11.1 Å². The van der Waals surface area contributed by atoms with Crippen LogP contribution in [0.2, 0.25) is 5.02 Å². The smallest absolute Gasteiger partial charge is 0.135 e. The van der Waals surface area contributed by atoms with E-state index in [-0.39, 0.29) is 0 Å². The zero-order valence-corrected chi connectivity index (χ0v) is 13.7. The number of rotatable bonds is 4. The number of anilines is 4. The van der Waals surface area contributed by atoms with E-state index >= 15 is 0 Å². The number of nitrogens with one attached hydrogen (secondary N) is 2. The van der Waals surface area contributed by atoms with Gasteiger partial charge in [-0.1, -0.05) is 23.7 Å². The average Bonchev–Trinajstić information content (AvgIpc) is 2.58. The Morgan fingerprint density at radius 2 is 1.67 bits per heavy atom. The number of aryl methyl sites for hydroxylation is 1. The topological polar surface area (TPSA) is 73.6 Å². The highest BCUT2D eigenvalue weighted by Gasteiger charge is 2.05. The number of nitriles is 1. The number of aromatic nitrogens is 2. The quantitative estimate of drug-likeness (QED) is 0.716. The second-order valence-electron chi connectivity index (χ2n) is 5.16. The molecule has 0 radical (unpaired) electrons. The second-order valence-corrected chi connectivity index (χ2v) is 5.59. The van der Waals surface area contributed by atoms with E-state index in [0.29, 0.717) is 27.9 Å². The van der Waals surface area contributed by atoms with Crippen molar-refractivity contribution in [2.45, 2.75) is 6.92 Å². The first kappa shape index (κ1) is 15.8. The molecule has 6 heteroatoms. The van der Waals surface area contributed by atoms with E-state index in [9.17, 15) is 0 Å². The fourth-order valence-electron chi connectivity index (χ4n) is 2.23. The Hall–Kier alpha value is -3.10. The van der Waals surface area contributed by atoms with Crippen molar-refractivity contribution in [3.05, 3.63) is 71.0 Å². The summed E-state index contributed by atoms with van der Waals surface area (Å²) in [5.41, 5.74) is 3.19. The molecule has 0 aliphatic heterocycles. The molecule has 24 heavy (non-hydrogen) atoms. The third-order valence-electron chi connectivity index (χ3n) is 3.43. The molecule has 3 aromatic rings. The van der Waals surface area contributed by atoms with Gasteiger partial charge in [-0.2, -0.15) is 5.26 Å². The third kappa shape index (κ3) is 3.62. The van der Waals surface area contributed by atoms with Crippen LogP contribution in [0.4, 0.5) is 23.0 Å². The first-order chi connectivity index (χ1) is 11.7. The molecule has 1 heterocycles. The molecule has 0 aliphatic rings. The van der Waals surface area contributed by atoms with E-state index in [1.54, 1.807) is 12.1 Å². The molecule has 0 saturated heterocycles. The normalized spacial score (nSPS) is 10.0. The molecule has 0 bridgehead atoms. The maximum atomic E-state index is 9.15. The minimum atomic E-state index is 0.555. The summed E-state index contributed by atoms with van der Waals surface area (Å²) in [6.07, 6.45) is 1.46. The Kier molecular flexibility index (Phi) is 4.59. The Morgan fingerprint density at radius 1 is 0.958 bits per heavy atom. The fourth-order valence-corrected chi connectivity index (χ4v) is 2.45. The van der Waals surface area contributed by atoms with E-state index in [0.717, 1.165) is 11.3 Å². The van der Waals surface area contributed by atoms with Crippen molar-refractivity contribution < 1.29 is 0 Å². The lowest BCUT2D eigenvalue weighted by molar-refractivity contribution is 1.16. The lowest BCUT2D eigenvalue weighted by Crippen LogP contribution is -2.00. The lowest BCUT2D eigenvalue weighted by atomic mass is 10.2. The number of benzene rings is 2. The summed E-state index contributed by atoms with van der Waals surface area (Å²) in [6, 6.07) is 16.8. The molecule has 0 atom stereocenters. The van der Waals surface area contributed by atoms with E-state index in [2.05, 4.69) is 26.7 Å². The summed E-state index contributed by atoms with van der Waals surface area (Å²) in [4.78, 5) is 8.42. The minimum absolute atomic E-state index is 0.555. The monoisotopic (exact) mass is 335 g/mol. The van der Waals surface area contributed by atoms with Crippen molar-refractivity contribution in [2.24, 2.45) is 0 Å². The van der Waals surface area contributed by atoms with Crippen molar-refractivity contribution in [1.29, 1.82) is 5.26 Å². The highest BCUT2D eigenvalue weighted by molar-refractivity contribution is 6.30. The van der Waals surface area contributed by atoms with Gasteiger partial charge in [0.25, 0.3) is 0 Å². The van der Waals surface area contributed by atoms with E-state index in [1.165, 1.54) is 6.33 Å². The largest absolute Gasteiger partial charge is 0.340 e. The number of halogens is 1. The molecule has 0 aliphatic carbocycles. The Labute approximate surface area is 145 Å².